The monoisotopic (exact) mass is 177 g/mol. The molecule has 64 valence electrons. The highest BCUT2D eigenvalue weighted by atomic mass is 35.5. The summed E-state index contributed by atoms with van der Waals surface area (Å²) in [6, 6.07) is 0. The second-order valence-electron chi connectivity index (χ2n) is 2.52. The standard InChI is InChI=1S/C7H12ClNO2/c8-3-1-7(10)9-5-6-2-4-11-6/h6H,1-5H2,(H,9,10). The summed E-state index contributed by atoms with van der Waals surface area (Å²) in [4.78, 5) is 10.8. The quantitative estimate of drug-likeness (QED) is 0.636. The van der Waals surface area contributed by atoms with Crippen molar-refractivity contribution in [3.8, 4) is 0 Å². The van der Waals surface area contributed by atoms with E-state index < -0.39 is 0 Å². The first kappa shape index (κ1) is 8.81. The zero-order valence-electron chi connectivity index (χ0n) is 6.31. The SMILES string of the molecule is O=C(CCCl)NCC1CCO1. The number of halogens is 1. The molecule has 1 aliphatic rings. The molecule has 1 rings (SSSR count). The summed E-state index contributed by atoms with van der Waals surface area (Å²) in [6.45, 7) is 1.46. The number of hydrogen-bond donors (Lipinski definition) is 1. The van der Waals surface area contributed by atoms with Crippen LogP contribution in [0.2, 0.25) is 0 Å². The predicted molar refractivity (Wildman–Crippen MR) is 42.7 cm³/mol. The Kier molecular flexibility index (Phi) is 3.66. The molecule has 1 atom stereocenters. The number of amides is 1. The van der Waals surface area contributed by atoms with Crippen molar-refractivity contribution >= 4 is 17.5 Å². The van der Waals surface area contributed by atoms with E-state index in [2.05, 4.69) is 5.32 Å². The molecule has 0 aromatic heterocycles. The minimum Gasteiger partial charge on any atom is -0.376 e. The van der Waals surface area contributed by atoms with Crippen molar-refractivity contribution in [1.82, 2.24) is 5.32 Å². The number of carbonyl (C=O) groups excluding carboxylic acids is 1. The van der Waals surface area contributed by atoms with Crippen molar-refractivity contribution in [2.24, 2.45) is 0 Å². The normalized spacial score (nSPS) is 22.5. The summed E-state index contributed by atoms with van der Waals surface area (Å²) in [6.07, 6.45) is 1.70. The van der Waals surface area contributed by atoms with Gasteiger partial charge in [0, 0.05) is 25.5 Å². The summed E-state index contributed by atoms with van der Waals surface area (Å²) in [5, 5.41) is 2.74. The molecule has 4 heteroatoms. The Morgan fingerprint density at radius 2 is 2.45 bits per heavy atom. The topological polar surface area (TPSA) is 38.3 Å². The Balaban J connectivity index is 1.96. The molecule has 0 saturated carbocycles. The van der Waals surface area contributed by atoms with Gasteiger partial charge in [-0.2, -0.15) is 0 Å². The van der Waals surface area contributed by atoms with Gasteiger partial charge < -0.3 is 10.1 Å². The van der Waals surface area contributed by atoms with Crippen LogP contribution in [-0.2, 0) is 9.53 Å². The largest absolute Gasteiger partial charge is 0.376 e. The van der Waals surface area contributed by atoms with Gasteiger partial charge in [-0.15, -0.1) is 11.6 Å². The maximum atomic E-state index is 10.8. The van der Waals surface area contributed by atoms with E-state index in [0.29, 0.717) is 18.8 Å². The fourth-order valence-electron chi connectivity index (χ4n) is 0.847. The van der Waals surface area contributed by atoms with E-state index in [1.54, 1.807) is 0 Å². The summed E-state index contributed by atoms with van der Waals surface area (Å²) in [5.74, 6) is 0.396. The van der Waals surface area contributed by atoms with Crippen molar-refractivity contribution in [2.45, 2.75) is 18.9 Å². The van der Waals surface area contributed by atoms with Crippen LogP contribution in [0.1, 0.15) is 12.8 Å². The molecular weight excluding hydrogens is 166 g/mol. The lowest BCUT2D eigenvalue weighted by molar-refractivity contribution is -0.122. The molecule has 0 aromatic rings. The van der Waals surface area contributed by atoms with Crippen molar-refractivity contribution in [2.75, 3.05) is 19.0 Å². The van der Waals surface area contributed by atoms with Crippen LogP contribution < -0.4 is 5.32 Å². The van der Waals surface area contributed by atoms with Gasteiger partial charge in [0.05, 0.1) is 6.10 Å². The minimum absolute atomic E-state index is 0.00972. The fraction of sp³-hybridized carbons (Fsp3) is 0.857. The molecule has 0 aromatic carbocycles. The molecule has 1 heterocycles. The first-order valence-corrected chi connectivity index (χ1v) is 4.30. The Morgan fingerprint density at radius 1 is 1.73 bits per heavy atom. The second kappa shape index (κ2) is 4.57. The number of hydrogen-bond acceptors (Lipinski definition) is 2. The maximum Gasteiger partial charge on any atom is 0.221 e. The molecule has 3 nitrogen and oxygen atoms in total. The number of ether oxygens (including phenoxy) is 1. The van der Waals surface area contributed by atoms with Crippen LogP contribution in [0.5, 0.6) is 0 Å². The van der Waals surface area contributed by atoms with E-state index in [1.165, 1.54) is 0 Å². The average molecular weight is 178 g/mol. The number of carbonyl (C=O) groups is 1. The number of rotatable bonds is 4. The summed E-state index contributed by atoms with van der Waals surface area (Å²) < 4.78 is 5.11. The van der Waals surface area contributed by atoms with Gasteiger partial charge >= 0.3 is 0 Å². The fourth-order valence-corrected chi connectivity index (χ4v) is 1.02. The van der Waals surface area contributed by atoms with E-state index in [1.807, 2.05) is 0 Å². The molecule has 1 N–H and O–H groups in total. The highest BCUT2D eigenvalue weighted by molar-refractivity contribution is 6.18. The first-order valence-electron chi connectivity index (χ1n) is 3.77. The average Bonchev–Trinajstić information content (AvgIpc) is 1.85. The molecule has 1 unspecified atom stereocenters. The lowest BCUT2D eigenvalue weighted by Crippen LogP contribution is -2.39. The number of alkyl halides is 1. The Morgan fingerprint density at radius 3 is 2.91 bits per heavy atom. The van der Waals surface area contributed by atoms with Crippen LogP contribution >= 0.6 is 11.6 Å². The van der Waals surface area contributed by atoms with Crippen LogP contribution in [0.15, 0.2) is 0 Å². The van der Waals surface area contributed by atoms with Gasteiger partial charge in [-0.25, -0.2) is 0 Å². The van der Waals surface area contributed by atoms with Crippen molar-refractivity contribution in [3.63, 3.8) is 0 Å². The molecule has 1 saturated heterocycles. The zero-order valence-corrected chi connectivity index (χ0v) is 7.06. The molecular formula is C7H12ClNO2. The van der Waals surface area contributed by atoms with Gasteiger partial charge in [0.25, 0.3) is 0 Å². The van der Waals surface area contributed by atoms with E-state index in [0.717, 1.165) is 13.0 Å². The summed E-state index contributed by atoms with van der Waals surface area (Å²) in [5.41, 5.74) is 0. The van der Waals surface area contributed by atoms with E-state index in [4.69, 9.17) is 16.3 Å². The zero-order chi connectivity index (χ0) is 8.10. The van der Waals surface area contributed by atoms with Crippen molar-refractivity contribution < 1.29 is 9.53 Å². The van der Waals surface area contributed by atoms with Gasteiger partial charge in [-0.3, -0.25) is 4.79 Å². The van der Waals surface area contributed by atoms with Gasteiger partial charge in [0.2, 0.25) is 5.91 Å². The first-order chi connectivity index (χ1) is 5.33. The molecule has 11 heavy (non-hydrogen) atoms. The van der Waals surface area contributed by atoms with Gasteiger partial charge in [0.1, 0.15) is 0 Å². The van der Waals surface area contributed by atoms with Crippen LogP contribution in [0.3, 0.4) is 0 Å². The smallest absolute Gasteiger partial charge is 0.221 e. The molecule has 0 spiro atoms. The predicted octanol–water partition coefficient (Wildman–Crippen LogP) is 0.520. The van der Waals surface area contributed by atoms with Crippen LogP contribution in [0, 0.1) is 0 Å². The van der Waals surface area contributed by atoms with Crippen molar-refractivity contribution in [3.05, 3.63) is 0 Å². The highest BCUT2D eigenvalue weighted by Gasteiger charge is 2.17. The lowest BCUT2D eigenvalue weighted by atomic mass is 10.2. The van der Waals surface area contributed by atoms with Crippen LogP contribution in [0.25, 0.3) is 0 Å². The molecule has 0 radical (unpaired) electrons. The molecule has 0 bridgehead atoms. The molecule has 0 aliphatic carbocycles. The van der Waals surface area contributed by atoms with E-state index in [-0.39, 0.29) is 12.0 Å². The van der Waals surface area contributed by atoms with Gasteiger partial charge in [0.15, 0.2) is 0 Å². The third kappa shape index (κ3) is 3.08. The third-order valence-electron chi connectivity index (χ3n) is 1.64. The van der Waals surface area contributed by atoms with Crippen LogP contribution in [0.4, 0.5) is 0 Å². The minimum atomic E-state index is 0.00972. The number of nitrogens with one attached hydrogen (secondary N) is 1. The molecule has 1 fully saturated rings. The van der Waals surface area contributed by atoms with Crippen molar-refractivity contribution in [1.29, 1.82) is 0 Å². The Labute approximate surface area is 71.1 Å². The van der Waals surface area contributed by atoms with Crippen LogP contribution in [-0.4, -0.2) is 31.0 Å². The second-order valence-corrected chi connectivity index (χ2v) is 2.90. The molecule has 1 aliphatic heterocycles. The summed E-state index contributed by atoms with van der Waals surface area (Å²) >= 11 is 5.37. The van der Waals surface area contributed by atoms with Gasteiger partial charge in [-0.1, -0.05) is 0 Å². The third-order valence-corrected chi connectivity index (χ3v) is 1.83. The Bertz CT molecular complexity index is 136. The lowest BCUT2D eigenvalue weighted by Gasteiger charge is -2.26. The highest BCUT2D eigenvalue weighted by Crippen LogP contribution is 2.08. The maximum absolute atomic E-state index is 10.8. The van der Waals surface area contributed by atoms with E-state index in [9.17, 15) is 4.79 Å². The van der Waals surface area contributed by atoms with Gasteiger partial charge in [-0.05, 0) is 6.42 Å². The Hall–Kier alpha value is -0.280. The van der Waals surface area contributed by atoms with E-state index >= 15 is 0 Å². The molecule has 1 amide bonds. The summed E-state index contributed by atoms with van der Waals surface area (Å²) in [7, 11) is 0.